The number of esters is 1. The molecule has 1 aliphatic rings. The number of carbonyl (C=O) groups excluding carboxylic acids is 2. The van der Waals surface area contributed by atoms with Crippen LogP contribution in [0.2, 0.25) is 0 Å². The van der Waals surface area contributed by atoms with Crippen LogP contribution < -0.4 is 0 Å². The molecule has 1 saturated heterocycles. The lowest BCUT2D eigenvalue weighted by Gasteiger charge is -2.31. The van der Waals surface area contributed by atoms with Gasteiger partial charge in [-0.3, -0.25) is 9.59 Å². The van der Waals surface area contributed by atoms with Crippen LogP contribution in [-0.4, -0.2) is 41.5 Å². The Kier molecular flexibility index (Phi) is 4.82. The van der Waals surface area contributed by atoms with E-state index in [1.165, 1.54) is 4.90 Å². The van der Waals surface area contributed by atoms with Crippen LogP contribution in [0.3, 0.4) is 0 Å². The molecular formula is C14H16F2N2O3. The van der Waals surface area contributed by atoms with E-state index in [-0.39, 0.29) is 24.7 Å². The topological polar surface area (TPSA) is 59.5 Å². The monoisotopic (exact) mass is 298 g/mol. The Hall–Kier alpha value is -2.05. The summed E-state index contributed by atoms with van der Waals surface area (Å²) in [6.07, 6.45) is 2.28. The van der Waals surface area contributed by atoms with Crippen molar-refractivity contribution in [2.24, 2.45) is 5.92 Å². The van der Waals surface area contributed by atoms with Gasteiger partial charge in [-0.1, -0.05) is 0 Å². The minimum Gasteiger partial charge on any atom is -0.466 e. The number of rotatable bonds is 3. The van der Waals surface area contributed by atoms with Gasteiger partial charge in [0.1, 0.15) is 0 Å². The second kappa shape index (κ2) is 6.60. The number of halogens is 2. The Balaban J connectivity index is 2.12. The Morgan fingerprint density at radius 2 is 2.24 bits per heavy atom. The molecule has 7 heteroatoms. The molecular weight excluding hydrogens is 282 g/mol. The van der Waals surface area contributed by atoms with E-state index >= 15 is 0 Å². The second-order valence-electron chi connectivity index (χ2n) is 4.81. The maximum Gasteiger partial charge on any atom is 0.310 e. The van der Waals surface area contributed by atoms with Crippen LogP contribution in [0.25, 0.3) is 0 Å². The average Bonchev–Trinajstić information content (AvgIpc) is 2.50. The minimum atomic E-state index is -1.31. The predicted octanol–water partition coefficient (Wildman–Crippen LogP) is 1.78. The van der Waals surface area contributed by atoms with Crippen molar-refractivity contribution >= 4 is 11.9 Å². The second-order valence-corrected chi connectivity index (χ2v) is 4.81. The van der Waals surface area contributed by atoms with E-state index in [9.17, 15) is 18.4 Å². The predicted molar refractivity (Wildman–Crippen MR) is 69.4 cm³/mol. The average molecular weight is 298 g/mol. The molecule has 1 amide bonds. The normalized spacial score (nSPS) is 18.4. The van der Waals surface area contributed by atoms with E-state index < -0.39 is 23.6 Å². The van der Waals surface area contributed by atoms with Crippen LogP contribution in [0.1, 0.15) is 30.1 Å². The summed E-state index contributed by atoms with van der Waals surface area (Å²) in [5, 5.41) is 0. The fourth-order valence-electron chi connectivity index (χ4n) is 2.37. The summed E-state index contributed by atoms with van der Waals surface area (Å²) in [6, 6.07) is 1.13. The number of ether oxygens (including phenoxy) is 1. The van der Waals surface area contributed by atoms with Gasteiger partial charge in [-0.05, 0) is 25.8 Å². The maximum absolute atomic E-state index is 13.6. The maximum atomic E-state index is 13.6. The molecule has 1 aliphatic heterocycles. The lowest BCUT2D eigenvalue weighted by Crippen LogP contribution is -2.43. The van der Waals surface area contributed by atoms with Crippen molar-refractivity contribution in [3.63, 3.8) is 0 Å². The fourth-order valence-corrected chi connectivity index (χ4v) is 2.37. The standard InChI is InChI=1S/C14H16F2N2O3/c1-2-21-14(20)9-4-3-7-18(8-9)13(19)10-5-6-17-12(16)11(10)15/h5-6,9H,2-4,7-8H2,1H3. The molecule has 0 saturated carbocycles. The van der Waals surface area contributed by atoms with Gasteiger partial charge < -0.3 is 9.64 Å². The first-order valence-electron chi connectivity index (χ1n) is 6.80. The van der Waals surface area contributed by atoms with Crippen LogP contribution in [0.15, 0.2) is 12.3 Å². The number of hydrogen-bond acceptors (Lipinski definition) is 4. The summed E-state index contributed by atoms with van der Waals surface area (Å²) in [5.41, 5.74) is -0.369. The van der Waals surface area contributed by atoms with Crippen molar-refractivity contribution in [2.45, 2.75) is 19.8 Å². The molecule has 0 aliphatic carbocycles. The molecule has 0 radical (unpaired) electrons. The van der Waals surface area contributed by atoms with E-state index in [1.54, 1.807) is 6.92 Å². The van der Waals surface area contributed by atoms with Crippen LogP contribution in [-0.2, 0) is 9.53 Å². The van der Waals surface area contributed by atoms with Crippen molar-refractivity contribution in [3.8, 4) is 0 Å². The summed E-state index contributed by atoms with van der Waals surface area (Å²) < 4.78 is 31.6. The highest BCUT2D eigenvalue weighted by Crippen LogP contribution is 2.21. The third-order valence-electron chi connectivity index (χ3n) is 3.41. The molecule has 1 aromatic rings. The third kappa shape index (κ3) is 3.34. The van der Waals surface area contributed by atoms with Gasteiger partial charge in [-0.15, -0.1) is 0 Å². The number of likely N-dealkylation sites (tertiary alicyclic amines) is 1. The van der Waals surface area contributed by atoms with E-state index in [0.29, 0.717) is 19.4 Å². The van der Waals surface area contributed by atoms with E-state index in [0.717, 1.165) is 12.3 Å². The van der Waals surface area contributed by atoms with Gasteiger partial charge in [0.2, 0.25) is 5.95 Å². The van der Waals surface area contributed by atoms with Gasteiger partial charge >= 0.3 is 5.97 Å². The Labute approximate surface area is 120 Å². The Bertz CT molecular complexity index is 551. The summed E-state index contributed by atoms with van der Waals surface area (Å²) in [6.45, 7) is 2.53. The number of amides is 1. The van der Waals surface area contributed by atoms with Gasteiger partial charge in [-0.2, -0.15) is 4.39 Å². The highest BCUT2D eigenvalue weighted by Gasteiger charge is 2.31. The van der Waals surface area contributed by atoms with E-state index in [4.69, 9.17) is 4.74 Å². The molecule has 2 rings (SSSR count). The lowest BCUT2D eigenvalue weighted by molar-refractivity contribution is -0.149. The van der Waals surface area contributed by atoms with Crippen LogP contribution in [0.4, 0.5) is 8.78 Å². The first-order valence-corrected chi connectivity index (χ1v) is 6.80. The molecule has 114 valence electrons. The fraction of sp³-hybridized carbons (Fsp3) is 0.500. The molecule has 2 heterocycles. The highest BCUT2D eigenvalue weighted by atomic mass is 19.2. The van der Waals surface area contributed by atoms with Crippen LogP contribution in [0, 0.1) is 17.7 Å². The molecule has 21 heavy (non-hydrogen) atoms. The van der Waals surface area contributed by atoms with Gasteiger partial charge in [0.05, 0.1) is 18.1 Å². The highest BCUT2D eigenvalue weighted by molar-refractivity contribution is 5.94. The first kappa shape index (κ1) is 15.3. The summed E-state index contributed by atoms with van der Waals surface area (Å²) in [5.74, 6) is -3.99. The number of pyridine rings is 1. The Morgan fingerprint density at radius 3 is 2.95 bits per heavy atom. The number of hydrogen-bond donors (Lipinski definition) is 0. The summed E-state index contributed by atoms with van der Waals surface area (Å²) >= 11 is 0. The molecule has 1 unspecified atom stereocenters. The molecule has 1 fully saturated rings. The molecule has 0 N–H and O–H groups in total. The Morgan fingerprint density at radius 1 is 1.48 bits per heavy atom. The number of piperidine rings is 1. The molecule has 1 aromatic heterocycles. The number of carbonyl (C=O) groups is 2. The van der Waals surface area contributed by atoms with E-state index in [2.05, 4.69) is 4.98 Å². The van der Waals surface area contributed by atoms with Gasteiger partial charge in [0.15, 0.2) is 5.82 Å². The van der Waals surface area contributed by atoms with Gasteiger partial charge in [0, 0.05) is 19.3 Å². The van der Waals surface area contributed by atoms with Crippen LogP contribution in [0.5, 0.6) is 0 Å². The third-order valence-corrected chi connectivity index (χ3v) is 3.41. The van der Waals surface area contributed by atoms with Crippen molar-refractivity contribution < 1.29 is 23.1 Å². The first-order chi connectivity index (χ1) is 10.0. The zero-order chi connectivity index (χ0) is 15.4. The van der Waals surface area contributed by atoms with Gasteiger partial charge in [-0.25, -0.2) is 9.37 Å². The van der Waals surface area contributed by atoms with Gasteiger partial charge in [0.25, 0.3) is 5.91 Å². The summed E-state index contributed by atoms with van der Waals surface area (Å²) in [4.78, 5) is 28.5. The lowest BCUT2D eigenvalue weighted by atomic mass is 9.97. The van der Waals surface area contributed by atoms with E-state index in [1.807, 2.05) is 0 Å². The van der Waals surface area contributed by atoms with Crippen LogP contribution >= 0.6 is 0 Å². The van der Waals surface area contributed by atoms with Crippen molar-refractivity contribution in [3.05, 3.63) is 29.6 Å². The quantitative estimate of drug-likeness (QED) is 0.630. The largest absolute Gasteiger partial charge is 0.466 e. The molecule has 0 spiro atoms. The minimum absolute atomic E-state index is 0.154. The van der Waals surface area contributed by atoms with Crippen molar-refractivity contribution in [2.75, 3.05) is 19.7 Å². The summed E-state index contributed by atoms with van der Waals surface area (Å²) in [7, 11) is 0. The van der Waals surface area contributed by atoms with Crippen molar-refractivity contribution in [1.29, 1.82) is 0 Å². The molecule has 5 nitrogen and oxygen atoms in total. The smallest absolute Gasteiger partial charge is 0.310 e. The molecule has 0 bridgehead atoms. The molecule has 1 atom stereocenters. The zero-order valence-corrected chi connectivity index (χ0v) is 11.6. The SMILES string of the molecule is CCOC(=O)C1CCCN(C(=O)c2ccnc(F)c2F)C1. The molecule has 0 aromatic carbocycles. The zero-order valence-electron chi connectivity index (χ0n) is 11.6. The number of nitrogens with zero attached hydrogens (tertiary/aromatic N) is 2. The number of aromatic nitrogens is 1. The van der Waals surface area contributed by atoms with Crippen molar-refractivity contribution in [1.82, 2.24) is 9.88 Å².